The van der Waals surface area contributed by atoms with Gasteiger partial charge in [-0.25, -0.2) is 8.42 Å². The van der Waals surface area contributed by atoms with E-state index in [1.165, 1.54) is 12.1 Å². The van der Waals surface area contributed by atoms with Crippen molar-refractivity contribution < 1.29 is 22.7 Å². The van der Waals surface area contributed by atoms with E-state index in [4.69, 9.17) is 4.74 Å². The van der Waals surface area contributed by atoms with Crippen LogP contribution in [0.15, 0.2) is 48.5 Å². The third kappa shape index (κ3) is 6.27. The van der Waals surface area contributed by atoms with Crippen molar-refractivity contribution in [3.63, 3.8) is 0 Å². The molecule has 0 heterocycles. The highest BCUT2D eigenvalue weighted by Crippen LogP contribution is 2.13. The van der Waals surface area contributed by atoms with Gasteiger partial charge >= 0.3 is 0 Å². The fourth-order valence-corrected chi connectivity index (χ4v) is 3.48. The highest BCUT2D eigenvalue weighted by molar-refractivity contribution is 7.92. The van der Waals surface area contributed by atoms with Crippen LogP contribution in [0.3, 0.4) is 0 Å². The third-order valence-corrected chi connectivity index (χ3v) is 5.08. The van der Waals surface area contributed by atoms with E-state index in [0.29, 0.717) is 24.3 Å². The predicted octanol–water partition coefficient (Wildman–Crippen LogP) is 2.31. The highest BCUT2D eigenvalue weighted by Gasteiger charge is 2.12. The topological polar surface area (TPSA) is 114 Å². The van der Waals surface area contributed by atoms with Gasteiger partial charge in [0, 0.05) is 16.8 Å². The van der Waals surface area contributed by atoms with Crippen LogP contribution in [0.5, 0.6) is 5.75 Å². The van der Waals surface area contributed by atoms with E-state index in [0.717, 1.165) is 0 Å². The molecule has 0 spiro atoms. The lowest BCUT2D eigenvalue weighted by Crippen LogP contribution is -2.41. The van der Waals surface area contributed by atoms with Crippen LogP contribution < -0.4 is 20.3 Å². The van der Waals surface area contributed by atoms with Crippen LogP contribution in [0.25, 0.3) is 0 Å². The summed E-state index contributed by atoms with van der Waals surface area (Å²) >= 11 is 0. The van der Waals surface area contributed by atoms with E-state index in [1.807, 2.05) is 6.92 Å². The van der Waals surface area contributed by atoms with Gasteiger partial charge in [0.25, 0.3) is 11.8 Å². The van der Waals surface area contributed by atoms with Gasteiger partial charge in [0.05, 0.1) is 12.4 Å². The first-order chi connectivity index (χ1) is 13.3. The number of carbonyl (C=O) groups is 2. The summed E-state index contributed by atoms with van der Waals surface area (Å²) in [4.78, 5) is 24.4. The van der Waals surface area contributed by atoms with E-state index in [-0.39, 0.29) is 17.0 Å². The maximum atomic E-state index is 12.2. The molecule has 2 aromatic rings. The Kier molecular flexibility index (Phi) is 7.39. The number of nitrogens with one attached hydrogen (secondary N) is 3. The fourth-order valence-electron chi connectivity index (χ4n) is 2.35. The molecule has 0 bridgehead atoms. The Morgan fingerprint density at radius 1 is 0.929 bits per heavy atom. The number of rotatable bonds is 8. The molecule has 0 atom stereocenters. The van der Waals surface area contributed by atoms with E-state index in [1.54, 1.807) is 43.3 Å². The van der Waals surface area contributed by atoms with Gasteiger partial charge in [0.15, 0.2) is 0 Å². The first-order valence-corrected chi connectivity index (χ1v) is 10.4. The van der Waals surface area contributed by atoms with Gasteiger partial charge in [-0.1, -0.05) is 13.0 Å². The molecule has 9 heteroatoms. The Balaban J connectivity index is 1.97. The summed E-state index contributed by atoms with van der Waals surface area (Å²) in [6, 6.07) is 12.5. The molecule has 28 heavy (non-hydrogen) atoms. The first kappa shape index (κ1) is 21.2. The quantitative estimate of drug-likeness (QED) is 0.583. The zero-order valence-electron chi connectivity index (χ0n) is 15.7. The van der Waals surface area contributed by atoms with Crippen LogP contribution in [-0.4, -0.2) is 32.6 Å². The summed E-state index contributed by atoms with van der Waals surface area (Å²) in [5, 5.41) is 0. The number of hydrazine groups is 1. The standard InChI is InChI=1S/C19H23N3O5S/c1-3-12-28(25,26)22-16-7-5-6-15(13-16)19(24)21-20-18(23)14-8-10-17(11-9-14)27-4-2/h5-11,13,22H,3-4,12H2,1-2H3,(H,20,23)(H,21,24). The molecule has 150 valence electrons. The number of hydrogen-bond donors (Lipinski definition) is 3. The summed E-state index contributed by atoms with van der Waals surface area (Å²) in [5.41, 5.74) is 5.45. The molecular formula is C19H23N3O5S. The number of carbonyl (C=O) groups excluding carboxylic acids is 2. The second kappa shape index (κ2) is 9.75. The van der Waals surface area contributed by atoms with Gasteiger partial charge in [0.2, 0.25) is 10.0 Å². The van der Waals surface area contributed by atoms with Gasteiger partial charge < -0.3 is 4.74 Å². The van der Waals surface area contributed by atoms with Crippen molar-refractivity contribution in [2.24, 2.45) is 0 Å². The number of anilines is 1. The molecule has 0 aliphatic carbocycles. The Morgan fingerprint density at radius 2 is 1.57 bits per heavy atom. The van der Waals surface area contributed by atoms with Gasteiger partial charge in [-0.3, -0.25) is 25.2 Å². The van der Waals surface area contributed by atoms with Crippen LogP contribution in [0.4, 0.5) is 5.69 Å². The van der Waals surface area contributed by atoms with E-state index >= 15 is 0 Å². The molecule has 0 saturated carbocycles. The molecule has 0 aromatic heterocycles. The molecule has 0 unspecified atom stereocenters. The monoisotopic (exact) mass is 405 g/mol. The first-order valence-electron chi connectivity index (χ1n) is 8.78. The summed E-state index contributed by atoms with van der Waals surface area (Å²) in [7, 11) is -3.46. The van der Waals surface area contributed by atoms with Crippen molar-refractivity contribution >= 4 is 27.5 Å². The molecule has 3 N–H and O–H groups in total. The van der Waals surface area contributed by atoms with E-state index in [2.05, 4.69) is 15.6 Å². The minimum Gasteiger partial charge on any atom is -0.494 e. The van der Waals surface area contributed by atoms with Crippen LogP contribution in [-0.2, 0) is 10.0 Å². The Bertz CT molecular complexity index is 927. The van der Waals surface area contributed by atoms with Gasteiger partial charge in [-0.2, -0.15) is 0 Å². The van der Waals surface area contributed by atoms with Crippen molar-refractivity contribution in [3.05, 3.63) is 59.7 Å². The molecule has 0 saturated heterocycles. The van der Waals surface area contributed by atoms with Crippen molar-refractivity contribution in [1.29, 1.82) is 0 Å². The van der Waals surface area contributed by atoms with Crippen LogP contribution >= 0.6 is 0 Å². The summed E-state index contributed by atoms with van der Waals surface area (Å²) in [6.45, 7) is 4.14. The summed E-state index contributed by atoms with van der Waals surface area (Å²) in [5.74, 6) is -0.431. The minimum absolute atomic E-state index is 0.0123. The maximum Gasteiger partial charge on any atom is 0.269 e. The zero-order chi connectivity index (χ0) is 20.6. The minimum atomic E-state index is -3.46. The molecule has 0 aliphatic rings. The SMILES string of the molecule is CCCS(=O)(=O)Nc1cccc(C(=O)NNC(=O)c2ccc(OCC)cc2)c1. The van der Waals surface area contributed by atoms with Crippen molar-refractivity contribution in [3.8, 4) is 5.75 Å². The zero-order valence-corrected chi connectivity index (χ0v) is 16.5. The Labute approximate surface area is 164 Å². The maximum absolute atomic E-state index is 12.2. The van der Waals surface area contributed by atoms with Gasteiger partial charge in [-0.15, -0.1) is 0 Å². The predicted molar refractivity (Wildman–Crippen MR) is 107 cm³/mol. The summed E-state index contributed by atoms with van der Waals surface area (Å²) < 4.78 is 31.4. The molecule has 0 radical (unpaired) electrons. The van der Waals surface area contributed by atoms with E-state index < -0.39 is 21.8 Å². The number of hydrogen-bond acceptors (Lipinski definition) is 5. The molecule has 0 aliphatic heterocycles. The molecule has 2 aromatic carbocycles. The average Bonchev–Trinajstić information content (AvgIpc) is 2.66. The van der Waals surface area contributed by atoms with Gasteiger partial charge in [0.1, 0.15) is 5.75 Å². The normalized spacial score (nSPS) is 10.8. The van der Waals surface area contributed by atoms with Crippen molar-refractivity contribution in [2.45, 2.75) is 20.3 Å². The third-order valence-electron chi connectivity index (χ3n) is 3.59. The second-order valence-electron chi connectivity index (χ2n) is 5.87. The number of benzene rings is 2. The average molecular weight is 405 g/mol. The number of amides is 2. The molecule has 2 amide bonds. The lowest BCUT2D eigenvalue weighted by Gasteiger charge is -2.10. The van der Waals surface area contributed by atoms with Crippen LogP contribution in [0.1, 0.15) is 41.0 Å². The van der Waals surface area contributed by atoms with E-state index in [9.17, 15) is 18.0 Å². The number of sulfonamides is 1. The second-order valence-corrected chi connectivity index (χ2v) is 7.71. The lowest BCUT2D eigenvalue weighted by molar-refractivity contribution is 0.0846. The highest BCUT2D eigenvalue weighted by atomic mass is 32.2. The largest absolute Gasteiger partial charge is 0.494 e. The van der Waals surface area contributed by atoms with Crippen LogP contribution in [0.2, 0.25) is 0 Å². The van der Waals surface area contributed by atoms with Gasteiger partial charge in [-0.05, 0) is 55.8 Å². The van der Waals surface area contributed by atoms with Crippen LogP contribution in [0, 0.1) is 0 Å². The molecule has 2 rings (SSSR count). The van der Waals surface area contributed by atoms with Crippen molar-refractivity contribution in [2.75, 3.05) is 17.1 Å². The van der Waals surface area contributed by atoms with Crippen molar-refractivity contribution in [1.82, 2.24) is 10.9 Å². The Hall–Kier alpha value is -3.07. The fraction of sp³-hybridized carbons (Fsp3) is 0.263. The molecule has 0 fully saturated rings. The molecular weight excluding hydrogens is 382 g/mol. The summed E-state index contributed by atoms with van der Waals surface area (Å²) in [6.07, 6.45) is 0.479. The smallest absolute Gasteiger partial charge is 0.269 e. The number of ether oxygens (including phenoxy) is 1. The lowest BCUT2D eigenvalue weighted by atomic mass is 10.2. The Morgan fingerprint density at radius 3 is 2.18 bits per heavy atom. The molecule has 8 nitrogen and oxygen atoms in total.